The minimum atomic E-state index is -0.591. The summed E-state index contributed by atoms with van der Waals surface area (Å²) in [6.45, 7) is 0. The molecule has 0 atom stereocenters. The summed E-state index contributed by atoms with van der Waals surface area (Å²) in [5, 5.41) is 13.4. The maximum atomic E-state index is 12.1. The first kappa shape index (κ1) is 14.9. The Morgan fingerprint density at radius 1 is 1.38 bits per heavy atom. The number of nitrogens with zero attached hydrogens (tertiary/aromatic N) is 2. The second-order valence-electron chi connectivity index (χ2n) is 3.92. The fraction of sp³-hybridized carbons (Fsp3) is 0. The van der Waals surface area contributed by atoms with Gasteiger partial charge in [0.25, 0.3) is 11.6 Å². The molecule has 21 heavy (non-hydrogen) atoms. The Bertz CT molecular complexity index is 707. The highest BCUT2D eigenvalue weighted by Crippen LogP contribution is 2.25. The van der Waals surface area contributed by atoms with E-state index in [4.69, 9.17) is 5.84 Å². The van der Waals surface area contributed by atoms with E-state index in [1.807, 2.05) is 0 Å². The number of nitro benzene ring substituents is 1. The predicted molar refractivity (Wildman–Crippen MR) is 80.8 cm³/mol. The minimum Gasteiger partial charge on any atom is -0.318 e. The number of hydrogen-bond donors (Lipinski definition) is 3. The monoisotopic (exact) mass is 351 g/mol. The topological polar surface area (TPSA) is 123 Å². The number of nitrogens with one attached hydrogen (secondary N) is 2. The average Bonchev–Trinajstić information content (AvgIpc) is 2.48. The molecule has 4 N–H and O–H groups in total. The molecular weight excluding hydrogens is 342 g/mol. The molecule has 0 bridgehead atoms. The molecule has 8 nitrogen and oxygen atoms in total. The zero-order valence-electron chi connectivity index (χ0n) is 10.5. The lowest BCUT2D eigenvalue weighted by atomic mass is 10.1. The molecule has 1 aromatic heterocycles. The van der Waals surface area contributed by atoms with Gasteiger partial charge in [0.15, 0.2) is 0 Å². The van der Waals surface area contributed by atoms with Crippen molar-refractivity contribution in [1.82, 2.24) is 4.98 Å². The molecule has 2 aromatic rings. The van der Waals surface area contributed by atoms with Crippen LogP contribution >= 0.6 is 15.9 Å². The van der Waals surface area contributed by atoms with Gasteiger partial charge in [-0.25, -0.2) is 4.98 Å². The standard InChI is InChI=1S/C12H10BrN5O3/c13-8-2-1-5-15-11(8)16-12(19)7-3-4-10(18(20)21)9(6-7)17-14/h1-6,17H,14H2,(H,15,16,19). The molecule has 0 spiro atoms. The fourth-order valence-electron chi connectivity index (χ4n) is 1.61. The second kappa shape index (κ2) is 6.29. The van der Waals surface area contributed by atoms with Crippen LogP contribution in [0.5, 0.6) is 0 Å². The van der Waals surface area contributed by atoms with Gasteiger partial charge in [0, 0.05) is 17.8 Å². The van der Waals surface area contributed by atoms with Gasteiger partial charge in [0.2, 0.25) is 0 Å². The number of carbonyl (C=O) groups is 1. The van der Waals surface area contributed by atoms with Gasteiger partial charge in [-0.3, -0.25) is 20.8 Å². The van der Waals surface area contributed by atoms with E-state index in [1.54, 1.807) is 12.1 Å². The number of carbonyl (C=O) groups excluding carboxylic acids is 1. The van der Waals surface area contributed by atoms with Crippen molar-refractivity contribution in [3.63, 3.8) is 0 Å². The zero-order valence-corrected chi connectivity index (χ0v) is 12.1. The summed E-state index contributed by atoms with van der Waals surface area (Å²) in [6.07, 6.45) is 1.53. The lowest BCUT2D eigenvalue weighted by Crippen LogP contribution is -2.15. The summed E-state index contributed by atoms with van der Waals surface area (Å²) in [7, 11) is 0. The third kappa shape index (κ3) is 3.33. The van der Waals surface area contributed by atoms with E-state index in [0.29, 0.717) is 10.3 Å². The van der Waals surface area contributed by atoms with Crippen molar-refractivity contribution in [3.05, 3.63) is 56.7 Å². The highest BCUT2D eigenvalue weighted by Gasteiger charge is 2.16. The Kier molecular flexibility index (Phi) is 4.45. The summed E-state index contributed by atoms with van der Waals surface area (Å²) >= 11 is 3.26. The molecule has 108 valence electrons. The Morgan fingerprint density at radius 2 is 2.14 bits per heavy atom. The van der Waals surface area contributed by atoms with Crippen molar-refractivity contribution in [2.45, 2.75) is 0 Å². The van der Waals surface area contributed by atoms with Crippen molar-refractivity contribution in [3.8, 4) is 0 Å². The molecule has 0 aliphatic heterocycles. The number of pyridine rings is 1. The number of anilines is 2. The second-order valence-corrected chi connectivity index (χ2v) is 4.78. The summed E-state index contributed by atoms with van der Waals surface area (Å²) in [6, 6.07) is 7.28. The minimum absolute atomic E-state index is 0.0488. The van der Waals surface area contributed by atoms with Gasteiger partial charge >= 0.3 is 0 Å². The maximum absolute atomic E-state index is 12.1. The molecule has 9 heteroatoms. The van der Waals surface area contributed by atoms with Gasteiger partial charge in [-0.15, -0.1) is 0 Å². The number of aromatic nitrogens is 1. The van der Waals surface area contributed by atoms with E-state index in [9.17, 15) is 14.9 Å². The van der Waals surface area contributed by atoms with Crippen LogP contribution in [0.1, 0.15) is 10.4 Å². The van der Waals surface area contributed by atoms with Crippen LogP contribution in [-0.2, 0) is 0 Å². The number of nitrogen functional groups attached to an aromatic ring is 1. The molecular formula is C12H10BrN5O3. The first-order valence-corrected chi connectivity index (χ1v) is 6.49. The SMILES string of the molecule is NNc1cc(C(=O)Nc2ncccc2Br)ccc1[N+](=O)[O-]. The van der Waals surface area contributed by atoms with Crippen molar-refractivity contribution < 1.29 is 9.72 Å². The lowest BCUT2D eigenvalue weighted by Gasteiger charge is -2.08. The highest BCUT2D eigenvalue weighted by atomic mass is 79.9. The quantitative estimate of drug-likeness (QED) is 0.441. The van der Waals surface area contributed by atoms with Crippen LogP contribution in [-0.4, -0.2) is 15.8 Å². The van der Waals surface area contributed by atoms with E-state index in [2.05, 4.69) is 31.7 Å². The predicted octanol–water partition coefficient (Wildman–Crippen LogP) is 2.29. The number of benzene rings is 1. The number of hydrazine groups is 1. The first-order chi connectivity index (χ1) is 10.0. The zero-order chi connectivity index (χ0) is 15.4. The van der Waals surface area contributed by atoms with Crippen LogP contribution in [0.4, 0.5) is 17.2 Å². The Morgan fingerprint density at radius 3 is 2.76 bits per heavy atom. The van der Waals surface area contributed by atoms with Crippen molar-refractivity contribution >= 4 is 39.0 Å². The van der Waals surface area contributed by atoms with Gasteiger partial charge in [-0.05, 0) is 40.2 Å². The van der Waals surface area contributed by atoms with Gasteiger partial charge in [0.1, 0.15) is 11.5 Å². The smallest absolute Gasteiger partial charge is 0.293 e. The molecule has 0 unspecified atom stereocenters. The molecule has 0 fully saturated rings. The van der Waals surface area contributed by atoms with E-state index in [1.165, 1.54) is 24.4 Å². The van der Waals surface area contributed by atoms with E-state index in [0.717, 1.165) is 0 Å². The van der Waals surface area contributed by atoms with Crippen LogP contribution in [0.2, 0.25) is 0 Å². The molecule has 0 saturated heterocycles. The number of nitro groups is 1. The molecule has 2 rings (SSSR count). The molecule has 0 radical (unpaired) electrons. The van der Waals surface area contributed by atoms with Gasteiger partial charge in [-0.1, -0.05) is 0 Å². The van der Waals surface area contributed by atoms with Crippen molar-refractivity contribution in [2.24, 2.45) is 5.84 Å². The molecule has 1 amide bonds. The Balaban J connectivity index is 2.28. The molecule has 0 saturated carbocycles. The normalized spacial score (nSPS) is 10.0. The summed E-state index contributed by atoms with van der Waals surface area (Å²) < 4.78 is 0.623. The number of halogens is 1. The largest absolute Gasteiger partial charge is 0.318 e. The van der Waals surface area contributed by atoms with Gasteiger partial charge in [-0.2, -0.15) is 0 Å². The lowest BCUT2D eigenvalue weighted by molar-refractivity contribution is -0.384. The Labute approximate surface area is 127 Å². The van der Waals surface area contributed by atoms with E-state index < -0.39 is 10.8 Å². The van der Waals surface area contributed by atoms with Gasteiger partial charge < -0.3 is 10.7 Å². The number of nitrogens with two attached hydrogens (primary N) is 1. The van der Waals surface area contributed by atoms with Crippen LogP contribution in [0, 0.1) is 10.1 Å². The molecule has 1 heterocycles. The maximum Gasteiger partial charge on any atom is 0.293 e. The Hall–Kier alpha value is -2.52. The first-order valence-electron chi connectivity index (χ1n) is 5.70. The van der Waals surface area contributed by atoms with Crippen molar-refractivity contribution in [1.29, 1.82) is 0 Å². The van der Waals surface area contributed by atoms with E-state index >= 15 is 0 Å². The van der Waals surface area contributed by atoms with Crippen LogP contribution in [0.15, 0.2) is 41.0 Å². The highest BCUT2D eigenvalue weighted by molar-refractivity contribution is 9.10. The molecule has 1 aromatic carbocycles. The summed E-state index contributed by atoms with van der Waals surface area (Å²) in [5.41, 5.74) is 2.25. The van der Waals surface area contributed by atoms with E-state index in [-0.39, 0.29) is 16.9 Å². The van der Waals surface area contributed by atoms with Crippen LogP contribution in [0.3, 0.4) is 0 Å². The van der Waals surface area contributed by atoms with Crippen molar-refractivity contribution in [2.75, 3.05) is 10.7 Å². The summed E-state index contributed by atoms with van der Waals surface area (Å²) in [4.78, 5) is 26.3. The fourth-order valence-corrected chi connectivity index (χ4v) is 1.96. The third-order valence-corrected chi connectivity index (χ3v) is 3.24. The number of hydrogen-bond acceptors (Lipinski definition) is 6. The number of rotatable bonds is 4. The third-order valence-electron chi connectivity index (χ3n) is 2.60. The van der Waals surface area contributed by atoms with Gasteiger partial charge in [0.05, 0.1) is 9.40 Å². The van der Waals surface area contributed by atoms with Crippen LogP contribution in [0.25, 0.3) is 0 Å². The average molecular weight is 352 g/mol. The number of amides is 1. The molecule has 0 aliphatic rings. The summed E-state index contributed by atoms with van der Waals surface area (Å²) in [5.74, 6) is 5.12. The molecule has 0 aliphatic carbocycles. The van der Waals surface area contributed by atoms with Crippen LogP contribution < -0.4 is 16.6 Å².